The van der Waals surface area contributed by atoms with Crippen molar-refractivity contribution in [2.24, 2.45) is 0 Å². The van der Waals surface area contributed by atoms with Crippen molar-refractivity contribution in [1.82, 2.24) is 5.48 Å². The Morgan fingerprint density at radius 1 is 1.43 bits per heavy atom. The molecule has 0 saturated heterocycles. The number of nitrogens with one attached hydrogen (secondary N) is 1. The van der Waals surface area contributed by atoms with Crippen molar-refractivity contribution in [3.63, 3.8) is 0 Å². The molecule has 4 heteroatoms. The number of hydrogen-bond acceptors (Lipinski definition) is 3. The third-order valence-corrected chi connectivity index (χ3v) is 2.45. The Bertz CT molecular complexity index is 365. The normalized spacial score (nSPS) is 20.1. The summed E-state index contributed by atoms with van der Waals surface area (Å²) in [5, 5.41) is 0. The number of rotatable bonds is 2. The minimum absolute atomic E-state index is 0.0967. The SMILES string of the molecule is COc1ccccc1C1C=C(Br)NO1. The summed E-state index contributed by atoms with van der Waals surface area (Å²) in [4.78, 5) is 5.32. The van der Waals surface area contributed by atoms with Crippen LogP contribution < -0.4 is 10.2 Å². The van der Waals surface area contributed by atoms with E-state index in [1.54, 1.807) is 7.11 Å². The second-order valence-corrected chi connectivity index (χ2v) is 3.75. The molecule has 14 heavy (non-hydrogen) atoms. The largest absolute Gasteiger partial charge is 0.496 e. The summed E-state index contributed by atoms with van der Waals surface area (Å²) in [6, 6.07) is 7.79. The Kier molecular flexibility index (Phi) is 2.74. The van der Waals surface area contributed by atoms with E-state index in [2.05, 4.69) is 21.4 Å². The van der Waals surface area contributed by atoms with Crippen LogP contribution in [0.25, 0.3) is 0 Å². The van der Waals surface area contributed by atoms with Gasteiger partial charge in [0, 0.05) is 5.56 Å². The maximum Gasteiger partial charge on any atom is 0.135 e. The molecular formula is C10H10BrNO2. The average molecular weight is 256 g/mol. The van der Waals surface area contributed by atoms with Crippen molar-refractivity contribution in [2.45, 2.75) is 6.10 Å². The van der Waals surface area contributed by atoms with Crippen LogP contribution in [-0.2, 0) is 4.84 Å². The summed E-state index contributed by atoms with van der Waals surface area (Å²) in [6.45, 7) is 0. The van der Waals surface area contributed by atoms with Gasteiger partial charge < -0.3 is 4.74 Å². The first-order valence-corrected chi connectivity index (χ1v) is 5.02. The van der Waals surface area contributed by atoms with Crippen molar-refractivity contribution >= 4 is 15.9 Å². The molecule has 0 radical (unpaired) electrons. The second kappa shape index (κ2) is 4.02. The highest BCUT2D eigenvalue weighted by molar-refractivity contribution is 9.11. The Balaban J connectivity index is 2.32. The van der Waals surface area contributed by atoms with Crippen LogP contribution in [0.15, 0.2) is 34.9 Å². The lowest BCUT2D eigenvalue weighted by Crippen LogP contribution is -2.06. The molecule has 1 aliphatic heterocycles. The van der Waals surface area contributed by atoms with Gasteiger partial charge in [-0.1, -0.05) is 18.2 Å². The highest BCUT2D eigenvalue weighted by Crippen LogP contribution is 2.32. The third kappa shape index (κ3) is 1.76. The predicted molar refractivity (Wildman–Crippen MR) is 57.0 cm³/mol. The first-order chi connectivity index (χ1) is 6.81. The quantitative estimate of drug-likeness (QED) is 0.824. The molecule has 0 amide bonds. The number of benzene rings is 1. The highest BCUT2D eigenvalue weighted by atomic mass is 79.9. The molecule has 1 aliphatic rings. The van der Waals surface area contributed by atoms with Crippen LogP contribution in [0.5, 0.6) is 5.75 Å². The number of halogens is 1. The number of ether oxygens (including phenoxy) is 1. The van der Waals surface area contributed by atoms with E-state index in [4.69, 9.17) is 9.57 Å². The van der Waals surface area contributed by atoms with E-state index < -0.39 is 0 Å². The first kappa shape index (κ1) is 9.55. The van der Waals surface area contributed by atoms with Gasteiger partial charge >= 0.3 is 0 Å². The lowest BCUT2D eigenvalue weighted by molar-refractivity contribution is 0.0444. The number of hydrogen-bond donors (Lipinski definition) is 1. The van der Waals surface area contributed by atoms with Gasteiger partial charge in [0.15, 0.2) is 0 Å². The van der Waals surface area contributed by atoms with Gasteiger partial charge in [0.1, 0.15) is 16.5 Å². The van der Waals surface area contributed by atoms with Crippen LogP contribution in [0.1, 0.15) is 11.7 Å². The van der Waals surface area contributed by atoms with Crippen molar-refractivity contribution in [3.8, 4) is 5.75 Å². The Hall–Kier alpha value is -1.00. The van der Waals surface area contributed by atoms with Crippen LogP contribution in [-0.4, -0.2) is 7.11 Å². The zero-order valence-electron chi connectivity index (χ0n) is 7.66. The van der Waals surface area contributed by atoms with Crippen molar-refractivity contribution < 1.29 is 9.57 Å². The Labute approximate surface area is 90.8 Å². The first-order valence-electron chi connectivity index (χ1n) is 4.23. The fourth-order valence-electron chi connectivity index (χ4n) is 1.38. The fraction of sp³-hybridized carbons (Fsp3) is 0.200. The molecule has 0 bridgehead atoms. The van der Waals surface area contributed by atoms with Gasteiger partial charge in [-0.05, 0) is 28.1 Å². The monoisotopic (exact) mass is 255 g/mol. The lowest BCUT2D eigenvalue weighted by atomic mass is 10.1. The summed E-state index contributed by atoms with van der Waals surface area (Å²) in [7, 11) is 1.65. The van der Waals surface area contributed by atoms with Crippen molar-refractivity contribution in [2.75, 3.05) is 7.11 Å². The molecule has 1 atom stereocenters. The molecule has 2 rings (SSSR count). The summed E-state index contributed by atoms with van der Waals surface area (Å²) in [5.74, 6) is 0.831. The summed E-state index contributed by atoms with van der Waals surface area (Å²) in [6.07, 6.45) is 1.85. The van der Waals surface area contributed by atoms with Gasteiger partial charge in [0.05, 0.1) is 7.11 Å². The van der Waals surface area contributed by atoms with Crippen LogP contribution in [0, 0.1) is 0 Å². The van der Waals surface area contributed by atoms with Gasteiger partial charge in [-0.2, -0.15) is 0 Å². The number of hydroxylamine groups is 1. The topological polar surface area (TPSA) is 30.5 Å². The number of methoxy groups -OCH3 is 1. The van der Waals surface area contributed by atoms with E-state index in [1.165, 1.54) is 0 Å². The zero-order valence-corrected chi connectivity index (χ0v) is 9.24. The Morgan fingerprint density at radius 2 is 2.21 bits per heavy atom. The van der Waals surface area contributed by atoms with Gasteiger partial charge in [0.25, 0.3) is 0 Å². The molecule has 1 aromatic rings. The summed E-state index contributed by atoms with van der Waals surface area (Å²) in [5.41, 5.74) is 3.75. The lowest BCUT2D eigenvalue weighted by Gasteiger charge is -2.11. The van der Waals surface area contributed by atoms with Crippen LogP contribution >= 0.6 is 15.9 Å². The van der Waals surface area contributed by atoms with E-state index in [1.807, 2.05) is 30.3 Å². The van der Waals surface area contributed by atoms with Crippen LogP contribution in [0.3, 0.4) is 0 Å². The molecule has 0 aromatic heterocycles. The molecule has 0 aliphatic carbocycles. The third-order valence-electron chi connectivity index (χ3n) is 2.03. The van der Waals surface area contributed by atoms with Crippen LogP contribution in [0.2, 0.25) is 0 Å². The van der Waals surface area contributed by atoms with Gasteiger partial charge in [0.2, 0.25) is 0 Å². The summed E-state index contributed by atoms with van der Waals surface area (Å²) < 4.78 is 6.08. The molecule has 1 N–H and O–H groups in total. The van der Waals surface area contributed by atoms with E-state index >= 15 is 0 Å². The predicted octanol–water partition coefficient (Wildman–Crippen LogP) is 2.51. The van der Waals surface area contributed by atoms with Crippen molar-refractivity contribution in [1.29, 1.82) is 0 Å². The highest BCUT2D eigenvalue weighted by Gasteiger charge is 2.19. The van der Waals surface area contributed by atoms with E-state index in [9.17, 15) is 0 Å². The van der Waals surface area contributed by atoms with Gasteiger partial charge in [-0.25, -0.2) is 0 Å². The molecule has 0 fully saturated rings. The van der Waals surface area contributed by atoms with E-state index in [-0.39, 0.29) is 6.10 Å². The molecule has 1 unspecified atom stereocenters. The maximum absolute atomic E-state index is 5.32. The fourth-order valence-corrected chi connectivity index (χ4v) is 1.71. The van der Waals surface area contributed by atoms with Crippen LogP contribution in [0.4, 0.5) is 0 Å². The maximum atomic E-state index is 5.32. The van der Waals surface area contributed by atoms with E-state index in [0.717, 1.165) is 15.9 Å². The smallest absolute Gasteiger partial charge is 0.135 e. The molecule has 1 aromatic carbocycles. The molecule has 1 heterocycles. The summed E-state index contributed by atoms with van der Waals surface area (Å²) >= 11 is 3.31. The van der Waals surface area contributed by atoms with Gasteiger partial charge in [-0.15, -0.1) is 0 Å². The minimum Gasteiger partial charge on any atom is -0.496 e. The molecule has 74 valence electrons. The van der Waals surface area contributed by atoms with E-state index in [0.29, 0.717) is 0 Å². The standard InChI is InChI=1S/C10H10BrNO2/c1-13-8-5-3-2-4-7(8)9-6-10(11)12-14-9/h2-6,9,12H,1H3. The molecule has 3 nitrogen and oxygen atoms in total. The van der Waals surface area contributed by atoms with Crippen molar-refractivity contribution in [3.05, 3.63) is 40.5 Å². The molecular weight excluding hydrogens is 246 g/mol. The molecule has 0 spiro atoms. The minimum atomic E-state index is -0.0967. The number of para-hydroxylation sites is 1. The Morgan fingerprint density at radius 3 is 2.86 bits per heavy atom. The van der Waals surface area contributed by atoms with Gasteiger partial charge in [-0.3, -0.25) is 10.3 Å². The second-order valence-electron chi connectivity index (χ2n) is 2.90. The zero-order chi connectivity index (χ0) is 9.97. The average Bonchev–Trinajstić information content (AvgIpc) is 2.65. The molecule has 0 saturated carbocycles.